The quantitative estimate of drug-likeness (QED) is 0.227. The van der Waals surface area contributed by atoms with E-state index >= 15 is 0 Å². The fourth-order valence-electron chi connectivity index (χ4n) is 6.20. The minimum absolute atomic E-state index is 0.692. The average molecular weight is 549 g/mol. The van der Waals surface area contributed by atoms with Crippen LogP contribution in [0.25, 0.3) is 44.5 Å². The third kappa shape index (κ3) is 4.30. The molecule has 6 aromatic carbocycles. The van der Waals surface area contributed by atoms with Crippen LogP contribution in [0, 0.1) is 0 Å². The minimum Gasteiger partial charge on any atom is -0.376 e. The molecule has 7 rings (SSSR count). The molecule has 1 aliphatic carbocycles. The largest absolute Gasteiger partial charge is 0.376 e. The van der Waals surface area contributed by atoms with E-state index in [0.717, 1.165) is 56.5 Å². The van der Waals surface area contributed by atoms with Gasteiger partial charge in [0, 0.05) is 21.7 Å². The van der Waals surface area contributed by atoms with Crippen LogP contribution in [0.1, 0.15) is 29.2 Å². The highest BCUT2D eigenvalue weighted by Crippen LogP contribution is 2.54. The van der Waals surface area contributed by atoms with Crippen LogP contribution >= 0.6 is 11.6 Å². The van der Waals surface area contributed by atoms with Gasteiger partial charge in [-0.2, -0.15) is 0 Å². The highest BCUT2D eigenvalue weighted by atomic mass is 35.5. The third-order valence-corrected chi connectivity index (χ3v) is 8.63. The van der Waals surface area contributed by atoms with Crippen LogP contribution in [-0.4, -0.2) is 5.11 Å². The predicted molar refractivity (Wildman–Crippen MR) is 171 cm³/mol. The van der Waals surface area contributed by atoms with E-state index in [1.54, 1.807) is 0 Å². The van der Waals surface area contributed by atoms with E-state index in [1.807, 2.05) is 42.5 Å². The van der Waals surface area contributed by atoms with Crippen molar-refractivity contribution in [1.29, 1.82) is 0 Å². The Balaban J connectivity index is 1.41. The summed E-state index contributed by atoms with van der Waals surface area (Å²) < 4.78 is 0. The normalized spacial score (nSPS) is 15.4. The molecule has 1 N–H and O–H groups in total. The second kappa shape index (κ2) is 10.2. The molecule has 0 bridgehead atoms. The van der Waals surface area contributed by atoms with Crippen molar-refractivity contribution in [3.63, 3.8) is 0 Å². The summed E-state index contributed by atoms with van der Waals surface area (Å²) in [5, 5.41) is 13.7. The number of hydrogen-bond donors (Lipinski definition) is 1. The summed E-state index contributed by atoms with van der Waals surface area (Å²) in [6, 6.07) is 48.2. The Labute approximate surface area is 246 Å². The maximum Gasteiger partial charge on any atom is 0.142 e. The molecule has 1 unspecified atom stereocenters. The van der Waals surface area contributed by atoms with Gasteiger partial charge in [-0.05, 0) is 74.7 Å². The Morgan fingerprint density at radius 2 is 1.02 bits per heavy atom. The van der Waals surface area contributed by atoms with Gasteiger partial charge in [0.15, 0.2) is 0 Å². The molecule has 0 spiro atoms. The molecule has 41 heavy (non-hydrogen) atoms. The van der Waals surface area contributed by atoms with Gasteiger partial charge < -0.3 is 5.11 Å². The van der Waals surface area contributed by atoms with E-state index in [-0.39, 0.29) is 0 Å². The summed E-state index contributed by atoms with van der Waals surface area (Å²) in [4.78, 5) is 0. The minimum atomic E-state index is -1.31. The Kier molecular flexibility index (Phi) is 6.35. The molecule has 0 fully saturated rings. The van der Waals surface area contributed by atoms with Crippen LogP contribution in [0.15, 0.2) is 140 Å². The van der Waals surface area contributed by atoms with Gasteiger partial charge in [0.05, 0.1) is 0 Å². The zero-order valence-corrected chi connectivity index (χ0v) is 23.6. The molecule has 0 amide bonds. The van der Waals surface area contributed by atoms with Crippen LogP contribution < -0.4 is 0 Å². The molecule has 1 nitrogen and oxygen atoms in total. The molecule has 0 saturated carbocycles. The zero-order chi connectivity index (χ0) is 28.0. The summed E-state index contributed by atoms with van der Waals surface area (Å²) in [6.07, 6.45) is 0.900. The first kappa shape index (κ1) is 25.5. The van der Waals surface area contributed by atoms with Gasteiger partial charge in [0.1, 0.15) is 5.60 Å². The summed E-state index contributed by atoms with van der Waals surface area (Å²) in [6.45, 7) is 2.15. The second-order valence-corrected chi connectivity index (χ2v) is 11.1. The van der Waals surface area contributed by atoms with Gasteiger partial charge >= 0.3 is 0 Å². The maximum absolute atomic E-state index is 13.0. The Bertz CT molecular complexity index is 1870. The lowest BCUT2D eigenvalue weighted by molar-refractivity contribution is 0.131. The molecule has 0 aromatic heterocycles. The zero-order valence-electron chi connectivity index (χ0n) is 22.8. The molecule has 6 aromatic rings. The maximum atomic E-state index is 13.0. The molecule has 1 aliphatic rings. The number of halogens is 1. The summed E-state index contributed by atoms with van der Waals surface area (Å²) in [5.74, 6) is 0. The predicted octanol–water partition coefficient (Wildman–Crippen LogP) is 10.2. The lowest BCUT2D eigenvalue weighted by Gasteiger charge is -2.29. The number of rotatable bonds is 5. The van der Waals surface area contributed by atoms with Crippen LogP contribution in [0.5, 0.6) is 0 Å². The van der Waals surface area contributed by atoms with Gasteiger partial charge in [-0.1, -0.05) is 140 Å². The molecule has 0 radical (unpaired) electrons. The fourth-order valence-corrected chi connectivity index (χ4v) is 6.33. The Hall–Kier alpha value is -4.43. The molecule has 0 heterocycles. The van der Waals surface area contributed by atoms with Gasteiger partial charge in [-0.15, -0.1) is 0 Å². The summed E-state index contributed by atoms with van der Waals surface area (Å²) in [5.41, 5.74) is 11.3. The number of aryl methyl sites for hydroxylation is 1. The van der Waals surface area contributed by atoms with E-state index in [4.69, 9.17) is 11.6 Å². The standard InChI is InChI=1S/C39H29ClO/c1-2-26-12-22-34-35-23-19-31(29-15-13-28(14-16-29)27-8-4-3-5-9-27)25-38(35)39(41,37(34)24-26)36-11-7-6-10-33(36)30-17-20-32(40)21-18-30/h3-25,41H,2H2,1H3. The summed E-state index contributed by atoms with van der Waals surface area (Å²) in [7, 11) is 0. The van der Waals surface area contributed by atoms with Crippen molar-refractivity contribution >= 4 is 11.6 Å². The van der Waals surface area contributed by atoms with Crippen LogP contribution in [0.2, 0.25) is 5.02 Å². The number of fused-ring (bicyclic) bond motifs is 3. The van der Waals surface area contributed by atoms with E-state index in [2.05, 4.69) is 104 Å². The number of benzene rings is 6. The molecular weight excluding hydrogens is 520 g/mol. The lowest BCUT2D eigenvalue weighted by atomic mass is 9.79. The summed E-state index contributed by atoms with van der Waals surface area (Å²) >= 11 is 6.23. The fraction of sp³-hybridized carbons (Fsp3) is 0.0769. The molecule has 0 saturated heterocycles. The topological polar surface area (TPSA) is 20.2 Å². The SMILES string of the molecule is CCc1ccc2c(c1)C(O)(c1ccccc1-c1ccc(Cl)cc1)c1cc(-c3ccc(-c4ccccc4)cc3)ccc1-2. The van der Waals surface area contributed by atoms with Crippen molar-refractivity contribution in [3.8, 4) is 44.5 Å². The molecule has 198 valence electrons. The smallest absolute Gasteiger partial charge is 0.142 e. The van der Waals surface area contributed by atoms with Gasteiger partial charge in [-0.3, -0.25) is 0 Å². The molecule has 1 atom stereocenters. The van der Waals surface area contributed by atoms with E-state index in [1.165, 1.54) is 16.7 Å². The highest BCUT2D eigenvalue weighted by molar-refractivity contribution is 6.30. The van der Waals surface area contributed by atoms with Crippen molar-refractivity contribution in [3.05, 3.63) is 167 Å². The van der Waals surface area contributed by atoms with Crippen molar-refractivity contribution in [2.75, 3.05) is 0 Å². The van der Waals surface area contributed by atoms with Crippen LogP contribution in [0.4, 0.5) is 0 Å². The first-order valence-corrected chi connectivity index (χ1v) is 14.5. The van der Waals surface area contributed by atoms with E-state index in [9.17, 15) is 5.11 Å². The van der Waals surface area contributed by atoms with Crippen LogP contribution in [0.3, 0.4) is 0 Å². The lowest BCUT2D eigenvalue weighted by Crippen LogP contribution is -2.27. The molecular formula is C39H29ClO. The average Bonchev–Trinajstić information content (AvgIpc) is 3.29. The molecule has 2 heteroatoms. The monoisotopic (exact) mass is 548 g/mol. The first-order chi connectivity index (χ1) is 20.1. The number of hydrogen-bond acceptors (Lipinski definition) is 1. The van der Waals surface area contributed by atoms with E-state index < -0.39 is 5.60 Å². The Morgan fingerprint density at radius 3 is 1.73 bits per heavy atom. The highest BCUT2D eigenvalue weighted by Gasteiger charge is 2.44. The van der Waals surface area contributed by atoms with Crippen molar-refractivity contribution in [2.45, 2.75) is 18.9 Å². The van der Waals surface area contributed by atoms with E-state index in [0.29, 0.717) is 5.02 Å². The molecule has 0 aliphatic heterocycles. The van der Waals surface area contributed by atoms with Crippen LogP contribution in [-0.2, 0) is 12.0 Å². The number of aliphatic hydroxyl groups is 1. The second-order valence-electron chi connectivity index (χ2n) is 10.7. The Morgan fingerprint density at radius 1 is 0.488 bits per heavy atom. The first-order valence-electron chi connectivity index (χ1n) is 14.1. The third-order valence-electron chi connectivity index (χ3n) is 8.38. The van der Waals surface area contributed by atoms with Crippen molar-refractivity contribution in [2.24, 2.45) is 0 Å². The van der Waals surface area contributed by atoms with Gasteiger partial charge in [0.2, 0.25) is 0 Å². The van der Waals surface area contributed by atoms with Gasteiger partial charge in [-0.25, -0.2) is 0 Å². The van der Waals surface area contributed by atoms with Crippen molar-refractivity contribution in [1.82, 2.24) is 0 Å². The van der Waals surface area contributed by atoms with Gasteiger partial charge in [0.25, 0.3) is 0 Å². The van der Waals surface area contributed by atoms with Crippen molar-refractivity contribution < 1.29 is 5.11 Å².